The molecule has 0 saturated carbocycles. The summed E-state index contributed by atoms with van der Waals surface area (Å²) in [5.74, 6) is 1.22. The molecule has 1 amide bonds. The van der Waals surface area contributed by atoms with E-state index in [-0.39, 0.29) is 17.1 Å². The Morgan fingerprint density at radius 2 is 1.80 bits per heavy atom. The number of hydrogen-bond donors (Lipinski definition) is 2. The maximum Gasteiger partial charge on any atom is 0.257 e. The largest absolute Gasteiger partial charge is 0.497 e. The SMILES string of the molecule is CC[C@@H](C)Oc1ccc(C(=O)NC(=S)Nc2nc(-c3ccc(OC)cc3)cs2)cc1. The van der Waals surface area contributed by atoms with Crippen LogP contribution in [-0.2, 0) is 0 Å². The van der Waals surface area contributed by atoms with E-state index >= 15 is 0 Å². The van der Waals surface area contributed by atoms with Crippen molar-refractivity contribution in [3.8, 4) is 22.8 Å². The average Bonchev–Trinajstić information content (AvgIpc) is 3.22. The smallest absolute Gasteiger partial charge is 0.257 e. The van der Waals surface area contributed by atoms with Gasteiger partial charge in [-0.1, -0.05) is 6.92 Å². The number of methoxy groups -OCH3 is 1. The number of carbonyl (C=O) groups is 1. The molecule has 0 aliphatic carbocycles. The summed E-state index contributed by atoms with van der Waals surface area (Å²) in [6.45, 7) is 4.06. The molecule has 0 aliphatic rings. The number of thiazole rings is 1. The molecular weight excluding hydrogens is 418 g/mol. The highest BCUT2D eigenvalue weighted by Gasteiger charge is 2.11. The summed E-state index contributed by atoms with van der Waals surface area (Å²) in [5.41, 5.74) is 2.28. The number of benzene rings is 2. The number of rotatable bonds is 7. The van der Waals surface area contributed by atoms with E-state index in [1.54, 1.807) is 31.4 Å². The Morgan fingerprint density at radius 1 is 1.13 bits per heavy atom. The van der Waals surface area contributed by atoms with Gasteiger partial charge < -0.3 is 14.8 Å². The molecular formula is C22H23N3O3S2. The van der Waals surface area contributed by atoms with Crippen LogP contribution in [0.2, 0.25) is 0 Å². The Balaban J connectivity index is 1.56. The minimum Gasteiger partial charge on any atom is -0.497 e. The maximum absolute atomic E-state index is 12.4. The predicted molar refractivity (Wildman–Crippen MR) is 125 cm³/mol. The number of amides is 1. The molecule has 0 bridgehead atoms. The van der Waals surface area contributed by atoms with Crippen LogP contribution in [0, 0.1) is 0 Å². The first-order valence-electron chi connectivity index (χ1n) is 9.47. The van der Waals surface area contributed by atoms with E-state index in [0.717, 1.165) is 29.2 Å². The van der Waals surface area contributed by atoms with Crippen molar-refractivity contribution >= 4 is 39.7 Å². The summed E-state index contributed by atoms with van der Waals surface area (Å²) in [6.07, 6.45) is 1.04. The van der Waals surface area contributed by atoms with Gasteiger partial charge in [-0.2, -0.15) is 0 Å². The number of anilines is 1. The predicted octanol–water partition coefficient (Wildman–Crippen LogP) is 5.12. The summed E-state index contributed by atoms with van der Waals surface area (Å²) in [5, 5.41) is 8.34. The highest BCUT2D eigenvalue weighted by atomic mass is 32.1. The van der Waals surface area contributed by atoms with Crippen molar-refractivity contribution in [1.82, 2.24) is 10.3 Å². The number of ether oxygens (including phenoxy) is 2. The lowest BCUT2D eigenvalue weighted by Crippen LogP contribution is -2.34. The molecule has 3 rings (SSSR count). The number of nitrogens with one attached hydrogen (secondary N) is 2. The maximum atomic E-state index is 12.4. The summed E-state index contributed by atoms with van der Waals surface area (Å²) in [4.78, 5) is 16.9. The van der Waals surface area contributed by atoms with Crippen LogP contribution in [-0.4, -0.2) is 29.2 Å². The third kappa shape index (κ3) is 5.77. The quantitative estimate of drug-likeness (QED) is 0.496. The van der Waals surface area contributed by atoms with E-state index in [1.165, 1.54) is 11.3 Å². The fraction of sp³-hybridized carbons (Fsp3) is 0.227. The van der Waals surface area contributed by atoms with Gasteiger partial charge in [0.2, 0.25) is 0 Å². The van der Waals surface area contributed by atoms with Gasteiger partial charge in [0, 0.05) is 16.5 Å². The van der Waals surface area contributed by atoms with Crippen LogP contribution in [0.4, 0.5) is 5.13 Å². The van der Waals surface area contributed by atoms with E-state index in [9.17, 15) is 4.79 Å². The second-order valence-corrected chi connectivity index (χ2v) is 7.80. The number of hydrogen-bond acceptors (Lipinski definition) is 6. The molecule has 0 spiro atoms. The van der Waals surface area contributed by atoms with Crippen molar-refractivity contribution in [3.05, 3.63) is 59.5 Å². The van der Waals surface area contributed by atoms with Crippen LogP contribution in [0.3, 0.4) is 0 Å². The van der Waals surface area contributed by atoms with Gasteiger partial charge in [-0.15, -0.1) is 11.3 Å². The van der Waals surface area contributed by atoms with Gasteiger partial charge in [-0.05, 0) is 74.1 Å². The molecule has 2 N–H and O–H groups in total. The zero-order valence-corrected chi connectivity index (χ0v) is 18.6. The highest BCUT2D eigenvalue weighted by Crippen LogP contribution is 2.26. The van der Waals surface area contributed by atoms with Crippen LogP contribution >= 0.6 is 23.6 Å². The Bertz CT molecular complexity index is 1000. The lowest BCUT2D eigenvalue weighted by Gasteiger charge is -2.13. The molecule has 1 atom stereocenters. The number of thiocarbonyl (C=S) groups is 1. The van der Waals surface area contributed by atoms with Crippen molar-refractivity contribution in [2.24, 2.45) is 0 Å². The number of carbonyl (C=O) groups excluding carboxylic acids is 1. The zero-order chi connectivity index (χ0) is 21.5. The molecule has 0 radical (unpaired) electrons. The van der Waals surface area contributed by atoms with Crippen LogP contribution in [0.1, 0.15) is 30.6 Å². The van der Waals surface area contributed by atoms with Gasteiger partial charge in [-0.25, -0.2) is 4.98 Å². The molecule has 6 nitrogen and oxygen atoms in total. The van der Waals surface area contributed by atoms with Gasteiger partial charge in [0.15, 0.2) is 10.2 Å². The van der Waals surface area contributed by atoms with E-state index in [1.807, 2.05) is 36.6 Å². The zero-order valence-electron chi connectivity index (χ0n) is 17.0. The first-order chi connectivity index (χ1) is 14.5. The van der Waals surface area contributed by atoms with Crippen molar-refractivity contribution in [1.29, 1.82) is 0 Å². The summed E-state index contributed by atoms with van der Waals surface area (Å²) < 4.78 is 10.9. The summed E-state index contributed by atoms with van der Waals surface area (Å²) >= 11 is 6.66. The lowest BCUT2D eigenvalue weighted by molar-refractivity contribution is 0.0977. The van der Waals surface area contributed by atoms with Crippen LogP contribution in [0.15, 0.2) is 53.9 Å². The molecule has 0 fully saturated rings. The molecule has 0 saturated heterocycles. The molecule has 3 aromatic rings. The third-order valence-electron chi connectivity index (χ3n) is 4.37. The van der Waals surface area contributed by atoms with Crippen molar-refractivity contribution in [2.45, 2.75) is 26.4 Å². The van der Waals surface area contributed by atoms with E-state index in [2.05, 4.69) is 22.5 Å². The molecule has 30 heavy (non-hydrogen) atoms. The fourth-order valence-corrected chi connectivity index (χ4v) is 3.51. The van der Waals surface area contributed by atoms with Crippen molar-refractivity contribution in [3.63, 3.8) is 0 Å². The van der Waals surface area contributed by atoms with Gasteiger partial charge in [0.1, 0.15) is 11.5 Å². The first-order valence-corrected chi connectivity index (χ1v) is 10.8. The molecule has 2 aromatic carbocycles. The second-order valence-electron chi connectivity index (χ2n) is 6.54. The van der Waals surface area contributed by atoms with Crippen LogP contribution in [0.25, 0.3) is 11.3 Å². The standard InChI is InChI=1S/C22H23N3O3S2/c1-4-14(2)28-18-11-7-16(8-12-18)20(26)24-21(29)25-22-23-19(13-30-22)15-5-9-17(27-3)10-6-15/h5-14H,4H2,1-3H3,(H2,23,24,25,26,29)/t14-/m1/s1. The fourth-order valence-electron chi connectivity index (χ4n) is 2.53. The Kier molecular flexibility index (Phi) is 7.37. The third-order valence-corrected chi connectivity index (χ3v) is 5.33. The van der Waals surface area contributed by atoms with E-state index in [4.69, 9.17) is 21.7 Å². The first kappa shape index (κ1) is 21.7. The minimum atomic E-state index is -0.297. The molecule has 1 heterocycles. The summed E-state index contributed by atoms with van der Waals surface area (Å²) in [7, 11) is 1.63. The van der Waals surface area contributed by atoms with Crippen molar-refractivity contribution < 1.29 is 14.3 Å². The van der Waals surface area contributed by atoms with Crippen LogP contribution < -0.4 is 20.1 Å². The molecule has 0 aliphatic heterocycles. The van der Waals surface area contributed by atoms with E-state index in [0.29, 0.717) is 10.7 Å². The van der Waals surface area contributed by atoms with Crippen molar-refractivity contribution in [2.75, 3.05) is 12.4 Å². The van der Waals surface area contributed by atoms with Gasteiger partial charge in [-0.3, -0.25) is 10.1 Å². The van der Waals surface area contributed by atoms with Crippen LogP contribution in [0.5, 0.6) is 11.5 Å². The van der Waals surface area contributed by atoms with Gasteiger partial charge in [0.05, 0.1) is 18.9 Å². The topological polar surface area (TPSA) is 72.5 Å². The monoisotopic (exact) mass is 441 g/mol. The highest BCUT2D eigenvalue weighted by molar-refractivity contribution is 7.80. The lowest BCUT2D eigenvalue weighted by atomic mass is 10.2. The minimum absolute atomic E-state index is 0.127. The molecule has 0 unspecified atom stereocenters. The number of nitrogens with zero attached hydrogens (tertiary/aromatic N) is 1. The normalized spacial score (nSPS) is 11.4. The summed E-state index contributed by atoms with van der Waals surface area (Å²) in [6, 6.07) is 14.6. The average molecular weight is 442 g/mol. The Labute approximate surface area is 185 Å². The Hall–Kier alpha value is -2.97. The molecule has 1 aromatic heterocycles. The van der Waals surface area contributed by atoms with Gasteiger partial charge >= 0.3 is 0 Å². The van der Waals surface area contributed by atoms with E-state index < -0.39 is 0 Å². The molecule has 156 valence electrons. The van der Waals surface area contributed by atoms with Gasteiger partial charge in [0.25, 0.3) is 5.91 Å². The second kappa shape index (κ2) is 10.2. The molecule has 8 heteroatoms. The number of aromatic nitrogens is 1. The Morgan fingerprint density at radius 3 is 2.43 bits per heavy atom.